The minimum atomic E-state index is 0.466. The largest absolute Gasteiger partial charge is 0.404 e. The second kappa shape index (κ2) is 5.15. The minimum absolute atomic E-state index is 0.466. The van der Waals surface area contributed by atoms with Crippen LogP contribution in [0.25, 0.3) is 0 Å². The molecule has 0 aromatic rings. The Hall–Kier alpha value is -0.830. The molecule has 0 bridgehead atoms. The van der Waals surface area contributed by atoms with Crippen molar-refractivity contribution in [2.45, 2.75) is 32.7 Å². The zero-order valence-corrected chi connectivity index (χ0v) is 9.16. The van der Waals surface area contributed by atoms with E-state index in [-0.39, 0.29) is 0 Å². The predicted molar refractivity (Wildman–Crippen MR) is 60.5 cm³/mol. The molecule has 3 heteroatoms. The number of hydrogen-bond acceptors (Lipinski definition) is 3. The Kier molecular flexibility index (Phi) is 4.14. The lowest BCUT2D eigenvalue weighted by Gasteiger charge is -2.35. The first kappa shape index (κ1) is 11.2. The highest BCUT2D eigenvalue weighted by molar-refractivity contribution is 5.76. The smallest absolute Gasteiger partial charge is 0.0227 e. The summed E-state index contributed by atoms with van der Waals surface area (Å²) < 4.78 is 0. The maximum absolute atomic E-state index is 7.28. The third-order valence-electron chi connectivity index (χ3n) is 3.01. The van der Waals surface area contributed by atoms with Gasteiger partial charge in [-0.05, 0) is 50.9 Å². The van der Waals surface area contributed by atoms with Crippen LogP contribution in [0.3, 0.4) is 0 Å². The van der Waals surface area contributed by atoms with Crippen LogP contribution in [-0.2, 0) is 0 Å². The Morgan fingerprint density at radius 2 is 2.29 bits per heavy atom. The van der Waals surface area contributed by atoms with Gasteiger partial charge in [0.15, 0.2) is 0 Å². The van der Waals surface area contributed by atoms with E-state index in [1.807, 2.05) is 0 Å². The molecule has 0 radical (unpaired) electrons. The van der Waals surface area contributed by atoms with Crippen LogP contribution in [0.4, 0.5) is 0 Å². The monoisotopic (exact) mass is 195 g/mol. The van der Waals surface area contributed by atoms with E-state index < -0.39 is 0 Å². The number of nitrogens with one attached hydrogen (secondary N) is 1. The Bertz CT molecular complexity index is 221. The molecule has 80 valence electrons. The Morgan fingerprint density at radius 3 is 2.79 bits per heavy atom. The highest BCUT2D eigenvalue weighted by Gasteiger charge is 2.23. The van der Waals surface area contributed by atoms with Crippen molar-refractivity contribution in [1.82, 2.24) is 4.90 Å². The normalized spacial score (nSPS) is 25.4. The van der Waals surface area contributed by atoms with E-state index >= 15 is 0 Å². The molecule has 1 aliphatic rings. The summed E-state index contributed by atoms with van der Waals surface area (Å²) in [5.74, 6) is 0.466. The Labute approximate surface area is 86.5 Å². The van der Waals surface area contributed by atoms with Crippen molar-refractivity contribution in [1.29, 1.82) is 5.41 Å². The van der Waals surface area contributed by atoms with Crippen molar-refractivity contribution in [3.05, 3.63) is 11.8 Å². The molecule has 0 aromatic heterocycles. The van der Waals surface area contributed by atoms with Gasteiger partial charge in [0.2, 0.25) is 0 Å². The number of hydrogen-bond donors (Lipinski definition) is 2. The van der Waals surface area contributed by atoms with Gasteiger partial charge in [-0.2, -0.15) is 0 Å². The van der Waals surface area contributed by atoms with Gasteiger partial charge in [-0.15, -0.1) is 0 Å². The van der Waals surface area contributed by atoms with Gasteiger partial charge in [-0.1, -0.05) is 0 Å². The molecule has 3 N–H and O–H groups in total. The van der Waals surface area contributed by atoms with E-state index in [1.54, 1.807) is 6.20 Å². The van der Waals surface area contributed by atoms with Crippen LogP contribution in [0.5, 0.6) is 0 Å². The van der Waals surface area contributed by atoms with E-state index in [0.29, 0.717) is 12.0 Å². The van der Waals surface area contributed by atoms with E-state index in [4.69, 9.17) is 11.1 Å². The molecule has 1 saturated heterocycles. The van der Waals surface area contributed by atoms with Crippen molar-refractivity contribution in [2.75, 3.05) is 13.1 Å². The third kappa shape index (κ3) is 2.58. The van der Waals surface area contributed by atoms with Gasteiger partial charge in [0, 0.05) is 18.8 Å². The summed E-state index contributed by atoms with van der Waals surface area (Å²) in [6, 6.07) is 0.600. The second-order valence-electron chi connectivity index (χ2n) is 4.24. The van der Waals surface area contributed by atoms with Crippen LogP contribution < -0.4 is 5.73 Å². The highest BCUT2D eigenvalue weighted by atomic mass is 15.2. The SMILES string of the molecule is CC(C)N1CCCC(/C(C=N)=C/N)C1. The van der Waals surface area contributed by atoms with Crippen LogP contribution in [0.1, 0.15) is 26.7 Å². The molecule has 1 atom stereocenters. The number of piperidine rings is 1. The first-order valence-electron chi connectivity index (χ1n) is 5.35. The van der Waals surface area contributed by atoms with Crippen LogP contribution in [-0.4, -0.2) is 30.2 Å². The molecule has 1 unspecified atom stereocenters. The average molecular weight is 195 g/mol. The van der Waals surface area contributed by atoms with Crippen molar-refractivity contribution in [3.63, 3.8) is 0 Å². The lowest BCUT2D eigenvalue weighted by Crippen LogP contribution is -2.40. The first-order chi connectivity index (χ1) is 6.69. The molecule has 0 spiro atoms. The molecule has 3 nitrogen and oxygen atoms in total. The summed E-state index contributed by atoms with van der Waals surface area (Å²) in [5.41, 5.74) is 6.49. The maximum Gasteiger partial charge on any atom is 0.0227 e. The molecule has 14 heavy (non-hydrogen) atoms. The highest BCUT2D eigenvalue weighted by Crippen LogP contribution is 2.23. The van der Waals surface area contributed by atoms with Crippen LogP contribution in [0.15, 0.2) is 11.8 Å². The fourth-order valence-electron chi connectivity index (χ4n) is 2.05. The summed E-state index contributed by atoms with van der Waals surface area (Å²) >= 11 is 0. The summed E-state index contributed by atoms with van der Waals surface area (Å²) in [6.45, 7) is 6.68. The molecule has 1 rings (SSSR count). The quantitative estimate of drug-likeness (QED) is 0.672. The van der Waals surface area contributed by atoms with Crippen molar-refractivity contribution < 1.29 is 0 Å². The molecule has 1 heterocycles. The number of nitrogens with two attached hydrogens (primary N) is 1. The first-order valence-corrected chi connectivity index (χ1v) is 5.35. The molecular formula is C11H21N3. The molecule has 1 aliphatic heterocycles. The Balaban J connectivity index is 2.59. The van der Waals surface area contributed by atoms with Crippen LogP contribution >= 0.6 is 0 Å². The van der Waals surface area contributed by atoms with Gasteiger partial charge in [0.1, 0.15) is 0 Å². The summed E-state index contributed by atoms with van der Waals surface area (Å²) in [4.78, 5) is 2.46. The third-order valence-corrected chi connectivity index (χ3v) is 3.01. The van der Waals surface area contributed by atoms with Gasteiger partial charge in [0.05, 0.1) is 0 Å². The summed E-state index contributed by atoms with van der Waals surface area (Å²) in [5, 5.41) is 7.28. The van der Waals surface area contributed by atoms with E-state index in [0.717, 1.165) is 12.1 Å². The van der Waals surface area contributed by atoms with Gasteiger partial charge in [0.25, 0.3) is 0 Å². The fraction of sp³-hybridized carbons (Fsp3) is 0.727. The van der Waals surface area contributed by atoms with Crippen LogP contribution in [0, 0.1) is 11.3 Å². The van der Waals surface area contributed by atoms with Gasteiger partial charge in [-0.25, -0.2) is 0 Å². The molecule has 0 amide bonds. The molecule has 0 aliphatic carbocycles. The fourth-order valence-corrected chi connectivity index (χ4v) is 2.05. The van der Waals surface area contributed by atoms with Crippen LogP contribution in [0.2, 0.25) is 0 Å². The maximum atomic E-state index is 7.28. The molecular weight excluding hydrogens is 174 g/mol. The van der Waals surface area contributed by atoms with Crippen molar-refractivity contribution >= 4 is 6.21 Å². The van der Waals surface area contributed by atoms with E-state index in [9.17, 15) is 0 Å². The molecule has 0 saturated carbocycles. The van der Waals surface area contributed by atoms with Crippen molar-refractivity contribution in [2.24, 2.45) is 11.7 Å². The zero-order valence-electron chi connectivity index (χ0n) is 9.16. The van der Waals surface area contributed by atoms with Crippen molar-refractivity contribution in [3.8, 4) is 0 Å². The molecule has 0 aromatic carbocycles. The van der Waals surface area contributed by atoms with Gasteiger partial charge >= 0.3 is 0 Å². The minimum Gasteiger partial charge on any atom is -0.404 e. The van der Waals surface area contributed by atoms with E-state index in [1.165, 1.54) is 25.6 Å². The summed E-state index contributed by atoms with van der Waals surface area (Å²) in [7, 11) is 0. The zero-order chi connectivity index (χ0) is 10.6. The average Bonchev–Trinajstić information content (AvgIpc) is 2.20. The van der Waals surface area contributed by atoms with Gasteiger partial charge < -0.3 is 16.0 Å². The Morgan fingerprint density at radius 1 is 1.57 bits per heavy atom. The predicted octanol–water partition coefficient (Wildman–Crippen LogP) is 1.60. The number of nitrogens with zero attached hydrogens (tertiary/aromatic N) is 1. The van der Waals surface area contributed by atoms with Gasteiger partial charge in [-0.3, -0.25) is 0 Å². The second-order valence-corrected chi connectivity index (χ2v) is 4.24. The summed E-state index contributed by atoms with van der Waals surface area (Å²) in [6.07, 6.45) is 5.37. The van der Waals surface area contributed by atoms with E-state index in [2.05, 4.69) is 18.7 Å². The topological polar surface area (TPSA) is 53.1 Å². The lowest BCUT2D eigenvalue weighted by atomic mass is 9.91. The number of likely N-dealkylation sites (tertiary alicyclic amines) is 1. The standard InChI is InChI=1S/C11H21N3/c1-9(2)14-5-3-4-10(8-14)11(6-12)7-13/h6-7,9-10,12H,3-5,8,13H2,1-2H3/b11-7+,12-6?. The molecule has 1 fully saturated rings. The number of rotatable bonds is 3. The lowest BCUT2D eigenvalue weighted by molar-refractivity contribution is 0.156.